The first kappa shape index (κ1) is 34.7. The zero-order valence-electron chi connectivity index (χ0n) is 25.9. The Bertz CT molecular complexity index is 1930. The van der Waals surface area contributed by atoms with E-state index in [-0.39, 0.29) is 79.0 Å². The molecule has 2 aromatic heterocycles. The van der Waals surface area contributed by atoms with Crippen molar-refractivity contribution in [3.8, 4) is 5.69 Å². The summed E-state index contributed by atoms with van der Waals surface area (Å²) in [6, 6.07) is 13.1. The summed E-state index contributed by atoms with van der Waals surface area (Å²) in [5.74, 6) is -2.61. The van der Waals surface area contributed by atoms with Crippen LogP contribution in [-0.4, -0.2) is 90.8 Å². The Morgan fingerprint density at radius 2 is 1.78 bits per heavy atom. The molecular formula is C33H32Cl2F3N5O6. The number of rotatable bonds is 7. The molecule has 2 aliphatic rings. The van der Waals surface area contributed by atoms with Crippen LogP contribution in [0, 0.1) is 0 Å². The number of amides is 2. The first-order valence-corrected chi connectivity index (χ1v) is 16.3. The summed E-state index contributed by atoms with van der Waals surface area (Å²) in [7, 11) is 0. The molecular weight excluding hydrogens is 690 g/mol. The summed E-state index contributed by atoms with van der Waals surface area (Å²) < 4.78 is 49.7. The Kier molecular flexibility index (Phi) is 9.68. The average Bonchev–Trinajstić information content (AvgIpc) is 3.41. The molecule has 0 saturated carbocycles. The molecule has 0 radical (unpaired) electrons. The molecule has 2 aliphatic heterocycles. The molecule has 4 heterocycles. The van der Waals surface area contributed by atoms with Gasteiger partial charge in [0.2, 0.25) is 5.91 Å². The number of ether oxygens (including phenoxy) is 1. The van der Waals surface area contributed by atoms with Crippen LogP contribution >= 0.6 is 23.2 Å². The number of carboxylic acid groups (broad SMARTS) is 1. The first-order valence-electron chi connectivity index (χ1n) is 15.5. The van der Waals surface area contributed by atoms with Crippen molar-refractivity contribution in [3.05, 3.63) is 92.6 Å². The Morgan fingerprint density at radius 3 is 2.43 bits per heavy atom. The largest absolute Gasteiger partial charge is 0.465 e. The molecule has 2 N–H and O–H groups in total. The molecule has 0 aliphatic carbocycles. The van der Waals surface area contributed by atoms with Gasteiger partial charge in [0.15, 0.2) is 5.65 Å². The van der Waals surface area contributed by atoms with Gasteiger partial charge in [-0.3, -0.25) is 23.6 Å². The van der Waals surface area contributed by atoms with Crippen LogP contribution in [0.15, 0.2) is 65.7 Å². The molecule has 1 unspecified atom stereocenters. The molecule has 11 nitrogen and oxygen atoms in total. The van der Waals surface area contributed by atoms with Crippen LogP contribution in [0.3, 0.4) is 0 Å². The van der Waals surface area contributed by atoms with E-state index >= 15 is 0 Å². The number of aliphatic hydroxyl groups is 1. The van der Waals surface area contributed by atoms with Gasteiger partial charge >= 0.3 is 12.3 Å². The van der Waals surface area contributed by atoms with Gasteiger partial charge in [0.05, 0.1) is 42.7 Å². The minimum absolute atomic E-state index is 0.00908. The van der Waals surface area contributed by atoms with Gasteiger partial charge < -0.3 is 19.8 Å². The van der Waals surface area contributed by atoms with Gasteiger partial charge in [0.25, 0.3) is 5.56 Å². The van der Waals surface area contributed by atoms with E-state index in [4.69, 9.17) is 27.9 Å². The number of fused-ring (bicyclic) bond motifs is 1. The van der Waals surface area contributed by atoms with Crippen LogP contribution in [0.2, 0.25) is 10.2 Å². The first-order chi connectivity index (χ1) is 23.3. The number of likely N-dealkylation sites (tertiary alicyclic amines) is 1. The number of piperidine rings is 1. The number of alkyl halides is 3. The Hall–Kier alpha value is -4.11. The fourth-order valence-electron chi connectivity index (χ4n) is 6.52. The number of nitrogens with zero attached hydrogens (tertiary/aromatic N) is 5. The van der Waals surface area contributed by atoms with Gasteiger partial charge in [-0.15, -0.1) is 0 Å². The second-order valence-corrected chi connectivity index (χ2v) is 13.1. The van der Waals surface area contributed by atoms with Crippen LogP contribution in [0.1, 0.15) is 42.3 Å². The molecule has 260 valence electrons. The monoisotopic (exact) mass is 721 g/mol. The third kappa shape index (κ3) is 7.14. The van der Waals surface area contributed by atoms with E-state index in [0.29, 0.717) is 11.3 Å². The number of benzene rings is 2. The fraction of sp³-hybridized carbons (Fsp3) is 0.394. The number of halogens is 5. The van der Waals surface area contributed by atoms with Crippen molar-refractivity contribution in [2.45, 2.75) is 49.5 Å². The molecule has 4 aromatic rings. The van der Waals surface area contributed by atoms with E-state index in [9.17, 15) is 37.8 Å². The molecule has 6 rings (SSSR count). The highest BCUT2D eigenvalue weighted by molar-refractivity contribution is 6.32. The maximum Gasteiger partial charge on any atom is 0.407 e. The standard InChI is InChI=1S/C33H32Cl2F3N5O6/c34-25-14-21(6-7-22(25)26-17-49-13-12-42(26)31(46)47)43-27(35)15-23-29(43)39-19-41(30(23)45)18-32(48)8-10-40(11-9-32)28(44)16-24(33(36,37)38)20-4-2-1-3-5-20/h1-7,14-15,19,24,26,48H,8-13,16-18H2,(H,46,47)/t24?,26-/m0/s1. The van der Waals surface area contributed by atoms with E-state index in [2.05, 4.69) is 4.98 Å². The van der Waals surface area contributed by atoms with Crippen LogP contribution in [-0.2, 0) is 16.1 Å². The molecule has 2 aromatic carbocycles. The fourth-order valence-corrected chi connectivity index (χ4v) is 7.11. The van der Waals surface area contributed by atoms with Gasteiger partial charge in [-0.1, -0.05) is 59.6 Å². The highest BCUT2D eigenvalue weighted by atomic mass is 35.5. The number of hydrogen-bond acceptors (Lipinski definition) is 6. The summed E-state index contributed by atoms with van der Waals surface area (Å²) in [4.78, 5) is 45.3. The van der Waals surface area contributed by atoms with Crippen molar-refractivity contribution in [2.75, 3.05) is 32.8 Å². The maximum atomic E-state index is 13.8. The van der Waals surface area contributed by atoms with Crippen LogP contribution in [0.25, 0.3) is 16.7 Å². The highest BCUT2D eigenvalue weighted by Gasteiger charge is 2.43. The van der Waals surface area contributed by atoms with Crippen LogP contribution in [0.5, 0.6) is 0 Å². The maximum absolute atomic E-state index is 13.8. The van der Waals surface area contributed by atoms with Gasteiger partial charge in [-0.25, -0.2) is 9.78 Å². The minimum Gasteiger partial charge on any atom is -0.465 e. The normalized spacial score (nSPS) is 18.9. The molecule has 2 atom stereocenters. The lowest BCUT2D eigenvalue weighted by molar-refractivity contribution is -0.162. The lowest BCUT2D eigenvalue weighted by Gasteiger charge is -2.39. The van der Waals surface area contributed by atoms with Gasteiger partial charge in [0.1, 0.15) is 11.5 Å². The summed E-state index contributed by atoms with van der Waals surface area (Å²) in [6.07, 6.45) is -5.07. The molecule has 2 fully saturated rings. The quantitative estimate of drug-likeness (QED) is 0.253. The predicted octanol–water partition coefficient (Wildman–Crippen LogP) is 5.64. The zero-order chi connectivity index (χ0) is 35.1. The minimum atomic E-state index is -4.60. The van der Waals surface area contributed by atoms with E-state index < -0.39 is 47.7 Å². The number of morpholine rings is 1. The van der Waals surface area contributed by atoms with Gasteiger partial charge in [-0.05, 0) is 42.2 Å². The summed E-state index contributed by atoms with van der Waals surface area (Å²) in [5.41, 5.74) is -0.627. The third-order valence-corrected chi connectivity index (χ3v) is 9.81. The lowest BCUT2D eigenvalue weighted by atomic mass is 9.89. The van der Waals surface area contributed by atoms with Crippen molar-refractivity contribution in [2.24, 2.45) is 0 Å². The molecule has 0 bridgehead atoms. The third-order valence-electron chi connectivity index (χ3n) is 9.20. The van der Waals surface area contributed by atoms with Crippen LogP contribution in [0.4, 0.5) is 18.0 Å². The summed E-state index contributed by atoms with van der Waals surface area (Å²) in [5, 5.41) is 21.6. The number of carbonyl (C=O) groups excluding carboxylic acids is 1. The van der Waals surface area contributed by atoms with Gasteiger partial charge in [0, 0.05) is 36.8 Å². The lowest BCUT2D eigenvalue weighted by Crippen LogP contribution is -2.50. The van der Waals surface area contributed by atoms with Crippen LogP contribution < -0.4 is 5.56 Å². The second kappa shape index (κ2) is 13.7. The van der Waals surface area contributed by atoms with E-state index in [1.165, 1.54) is 55.6 Å². The van der Waals surface area contributed by atoms with Crippen molar-refractivity contribution >= 4 is 46.2 Å². The molecule has 49 heavy (non-hydrogen) atoms. The Labute approximate surface area is 288 Å². The highest BCUT2D eigenvalue weighted by Crippen LogP contribution is 2.38. The van der Waals surface area contributed by atoms with E-state index in [1.807, 2.05) is 0 Å². The molecule has 2 saturated heterocycles. The molecule has 2 amide bonds. The topological polar surface area (TPSA) is 130 Å². The SMILES string of the molecule is O=C(CC(c1ccccc1)C(F)(F)F)N1CCC(O)(Cn2cnc3c(cc(Cl)n3-c3ccc([C@@H]4COCCN4C(=O)O)c(Cl)c3)c2=O)CC1. The van der Waals surface area contributed by atoms with Crippen molar-refractivity contribution < 1.29 is 37.7 Å². The van der Waals surface area contributed by atoms with Crippen molar-refractivity contribution in [1.29, 1.82) is 0 Å². The Morgan fingerprint density at radius 1 is 1.06 bits per heavy atom. The summed E-state index contributed by atoms with van der Waals surface area (Å²) in [6.45, 7) is 0.519. The van der Waals surface area contributed by atoms with Gasteiger partial charge in [-0.2, -0.15) is 13.2 Å². The number of carbonyl (C=O) groups is 2. The second-order valence-electron chi connectivity index (χ2n) is 12.3. The Balaban J connectivity index is 1.16. The van der Waals surface area contributed by atoms with Crippen molar-refractivity contribution in [3.63, 3.8) is 0 Å². The zero-order valence-corrected chi connectivity index (χ0v) is 27.5. The molecule has 16 heteroatoms. The van der Waals surface area contributed by atoms with E-state index in [1.54, 1.807) is 24.3 Å². The summed E-state index contributed by atoms with van der Waals surface area (Å²) >= 11 is 13.2. The number of aromatic nitrogens is 3. The predicted molar refractivity (Wildman–Crippen MR) is 174 cm³/mol. The average molecular weight is 723 g/mol. The van der Waals surface area contributed by atoms with Crippen molar-refractivity contribution in [1.82, 2.24) is 23.9 Å². The number of hydrogen-bond donors (Lipinski definition) is 2. The van der Waals surface area contributed by atoms with E-state index in [0.717, 1.165) is 0 Å². The smallest absolute Gasteiger partial charge is 0.407 e. The molecule has 0 spiro atoms.